The zero-order valence-corrected chi connectivity index (χ0v) is 10.3. The maximum atomic E-state index is 9.56. The minimum Gasteiger partial charge on any atom is -0.393 e. The summed E-state index contributed by atoms with van der Waals surface area (Å²) in [6, 6.07) is 6.91. The molecule has 1 aliphatic carbocycles. The van der Waals surface area contributed by atoms with Gasteiger partial charge in [0.25, 0.3) is 0 Å². The lowest BCUT2D eigenvalue weighted by Crippen LogP contribution is -2.17. The van der Waals surface area contributed by atoms with Crippen LogP contribution in [0.15, 0.2) is 18.2 Å². The lowest BCUT2D eigenvalue weighted by atomic mass is 9.82. The largest absolute Gasteiger partial charge is 0.393 e. The average molecular weight is 231 g/mol. The molecule has 1 aromatic carbocycles. The van der Waals surface area contributed by atoms with Crippen molar-refractivity contribution in [2.24, 2.45) is 0 Å². The Labute approximate surface area is 103 Å². The standard InChI is InChI=1S/C15H21NO/c17-14-6-3-11(4-7-14)12-5-8-15-13(10-12)2-1-9-16-15/h5,8,10-11,14,16-17H,1-4,6-7,9H2. The number of nitrogens with one attached hydrogen (secondary N) is 1. The van der Waals surface area contributed by atoms with Crippen molar-refractivity contribution < 1.29 is 5.11 Å². The van der Waals surface area contributed by atoms with E-state index in [-0.39, 0.29) is 6.10 Å². The summed E-state index contributed by atoms with van der Waals surface area (Å²) in [5.74, 6) is 0.672. The van der Waals surface area contributed by atoms with E-state index in [9.17, 15) is 5.11 Å². The molecule has 1 heterocycles. The van der Waals surface area contributed by atoms with Crippen molar-refractivity contribution in [1.29, 1.82) is 0 Å². The summed E-state index contributed by atoms with van der Waals surface area (Å²) < 4.78 is 0. The van der Waals surface area contributed by atoms with Gasteiger partial charge in [-0.25, -0.2) is 0 Å². The molecule has 0 bridgehead atoms. The molecule has 1 aliphatic heterocycles. The zero-order chi connectivity index (χ0) is 11.7. The van der Waals surface area contributed by atoms with Crippen molar-refractivity contribution in [3.05, 3.63) is 29.3 Å². The van der Waals surface area contributed by atoms with Crippen LogP contribution in [0.3, 0.4) is 0 Å². The number of rotatable bonds is 1. The van der Waals surface area contributed by atoms with E-state index in [1.165, 1.54) is 29.7 Å². The van der Waals surface area contributed by atoms with Gasteiger partial charge in [0.1, 0.15) is 0 Å². The van der Waals surface area contributed by atoms with Crippen molar-refractivity contribution in [3.8, 4) is 0 Å². The summed E-state index contributed by atoms with van der Waals surface area (Å²) in [7, 11) is 0. The van der Waals surface area contributed by atoms with Crippen molar-refractivity contribution in [2.75, 3.05) is 11.9 Å². The second-order valence-corrected chi connectivity index (χ2v) is 5.45. The van der Waals surface area contributed by atoms with E-state index in [2.05, 4.69) is 23.5 Å². The van der Waals surface area contributed by atoms with Crippen LogP contribution in [0, 0.1) is 0 Å². The van der Waals surface area contributed by atoms with Gasteiger partial charge in [-0.15, -0.1) is 0 Å². The molecule has 0 saturated heterocycles. The number of anilines is 1. The minimum atomic E-state index is -0.0504. The van der Waals surface area contributed by atoms with Crippen molar-refractivity contribution >= 4 is 5.69 Å². The summed E-state index contributed by atoms with van der Waals surface area (Å²) in [5.41, 5.74) is 4.30. The first-order chi connectivity index (χ1) is 8.33. The van der Waals surface area contributed by atoms with Gasteiger partial charge in [0, 0.05) is 12.2 Å². The van der Waals surface area contributed by atoms with Crippen LogP contribution in [0.5, 0.6) is 0 Å². The summed E-state index contributed by atoms with van der Waals surface area (Å²) in [5, 5.41) is 13.0. The molecule has 17 heavy (non-hydrogen) atoms. The second-order valence-electron chi connectivity index (χ2n) is 5.45. The van der Waals surface area contributed by atoms with Crippen LogP contribution >= 0.6 is 0 Å². The second kappa shape index (κ2) is 4.69. The Hall–Kier alpha value is -1.02. The lowest BCUT2D eigenvalue weighted by molar-refractivity contribution is 0.122. The normalized spacial score (nSPS) is 28.3. The number of aryl methyl sites for hydroxylation is 1. The first-order valence-electron chi connectivity index (χ1n) is 6.88. The average Bonchev–Trinajstić information content (AvgIpc) is 2.39. The number of fused-ring (bicyclic) bond motifs is 1. The molecule has 0 aromatic heterocycles. The Morgan fingerprint density at radius 3 is 2.76 bits per heavy atom. The molecule has 1 aromatic rings. The predicted molar refractivity (Wildman–Crippen MR) is 70.5 cm³/mol. The monoisotopic (exact) mass is 231 g/mol. The Morgan fingerprint density at radius 1 is 1.12 bits per heavy atom. The lowest BCUT2D eigenvalue weighted by Gasteiger charge is -2.27. The molecule has 92 valence electrons. The van der Waals surface area contributed by atoms with Crippen LogP contribution in [0.25, 0.3) is 0 Å². The molecule has 3 rings (SSSR count). The highest BCUT2D eigenvalue weighted by atomic mass is 16.3. The molecule has 0 unspecified atom stereocenters. The molecule has 2 N–H and O–H groups in total. The van der Waals surface area contributed by atoms with Crippen molar-refractivity contribution in [1.82, 2.24) is 0 Å². The summed E-state index contributed by atoms with van der Waals surface area (Å²) in [6.07, 6.45) is 6.65. The smallest absolute Gasteiger partial charge is 0.0540 e. The van der Waals surface area contributed by atoms with E-state index < -0.39 is 0 Å². The Bertz CT molecular complexity index is 394. The highest BCUT2D eigenvalue weighted by Gasteiger charge is 2.21. The molecule has 1 saturated carbocycles. The zero-order valence-electron chi connectivity index (χ0n) is 10.3. The topological polar surface area (TPSA) is 32.3 Å². The van der Waals surface area contributed by atoms with Gasteiger partial charge in [0.05, 0.1) is 6.10 Å². The van der Waals surface area contributed by atoms with Gasteiger partial charge in [0.15, 0.2) is 0 Å². The maximum absolute atomic E-state index is 9.56. The van der Waals surface area contributed by atoms with Gasteiger partial charge < -0.3 is 10.4 Å². The number of hydrogen-bond acceptors (Lipinski definition) is 2. The maximum Gasteiger partial charge on any atom is 0.0540 e. The van der Waals surface area contributed by atoms with E-state index in [0.717, 1.165) is 32.2 Å². The third kappa shape index (κ3) is 2.32. The first kappa shape index (κ1) is 11.1. The molecule has 0 amide bonds. The van der Waals surface area contributed by atoms with E-state index in [0.29, 0.717) is 5.92 Å². The molecule has 2 heteroatoms. The number of aliphatic hydroxyl groups excluding tert-OH is 1. The molecule has 0 radical (unpaired) electrons. The quantitative estimate of drug-likeness (QED) is 0.778. The summed E-state index contributed by atoms with van der Waals surface area (Å²) in [6.45, 7) is 1.11. The predicted octanol–water partition coefficient (Wildman–Crippen LogP) is 3.06. The SMILES string of the molecule is OC1CCC(c2ccc3c(c2)CCCN3)CC1. The molecule has 1 fully saturated rings. The molecule has 0 spiro atoms. The van der Waals surface area contributed by atoms with Crippen LogP contribution in [0.2, 0.25) is 0 Å². The van der Waals surface area contributed by atoms with Crippen LogP contribution in [-0.4, -0.2) is 17.8 Å². The van der Waals surface area contributed by atoms with Crippen LogP contribution in [0.4, 0.5) is 5.69 Å². The van der Waals surface area contributed by atoms with Crippen LogP contribution in [0.1, 0.15) is 49.1 Å². The number of aliphatic hydroxyl groups is 1. The van der Waals surface area contributed by atoms with Gasteiger partial charge in [-0.05, 0) is 61.6 Å². The van der Waals surface area contributed by atoms with Gasteiger partial charge >= 0.3 is 0 Å². The van der Waals surface area contributed by atoms with Gasteiger partial charge in [0.2, 0.25) is 0 Å². The fourth-order valence-corrected chi connectivity index (χ4v) is 3.16. The number of benzene rings is 1. The third-order valence-corrected chi connectivity index (χ3v) is 4.24. The fraction of sp³-hybridized carbons (Fsp3) is 0.600. The third-order valence-electron chi connectivity index (χ3n) is 4.24. The van der Waals surface area contributed by atoms with E-state index in [1.54, 1.807) is 0 Å². The first-order valence-corrected chi connectivity index (χ1v) is 6.88. The van der Waals surface area contributed by atoms with Crippen LogP contribution in [-0.2, 0) is 6.42 Å². The Balaban J connectivity index is 1.79. The molecular formula is C15H21NO. The summed E-state index contributed by atoms with van der Waals surface area (Å²) in [4.78, 5) is 0. The number of hydrogen-bond donors (Lipinski definition) is 2. The Kier molecular flexibility index (Phi) is 3.06. The van der Waals surface area contributed by atoms with Gasteiger partial charge in [-0.1, -0.05) is 12.1 Å². The van der Waals surface area contributed by atoms with Crippen LogP contribution < -0.4 is 5.32 Å². The van der Waals surface area contributed by atoms with Gasteiger partial charge in [-0.2, -0.15) is 0 Å². The van der Waals surface area contributed by atoms with E-state index in [1.807, 2.05) is 0 Å². The van der Waals surface area contributed by atoms with Gasteiger partial charge in [-0.3, -0.25) is 0 Å². The molecule has 0 atom stereocenters. The Morgan fingerprint density at radius 2 is 1.94 bits per heavy atom. The highest BCUT2D eigenvalue weighted by molar-refractivity contribution is 5.54. The molecule has 2 aliphatic rings. The van der Waals surface area contributed by atoms with Crippen molar-refractivity contribution in [3.63, 3.8) is 0 Å². The molecular weight excluding hydrogens is 210 g/mol. The van der Waals surface area contributed by atoms with Crippen molar-refractivity contribution in [2.45, 2.75) is 50.5 Å². The van der Waals surface area contributed by atoms with E-state index in [4.69, 9.17) is 0 Å². The van der Waals surface area contributed by atoms with E-state index >= 15 is 0 Å². The molecule has 2 nitrogen and oxygen atoms in total. The summed E-state index contributed by atoms with van der Waals surface area (Å²) >= 11 is 0. The fourth-order valence-electron chi connectivity index (χ4n) is 3.16. The minimum absolute atomic E-state index is 0.0504. The highest BCUT2D eigenvalue weighted by Crippen LogP contribution is 2.35.